The molecule has 8 nitrogen and oxygen atoms in total. The van der Waals surface area contributed by atoms with Crippen LogP contribution in [-0.2, 0) is 18.4 Å². The van der Waals surface area contributed by atoms with Gasteiger partial charge in [0, 0.05) is 6.42 Å². The first-order valence-electron chi connectivity index (χ1n) is 41.9. The van der Waals surface area contributed by atoms with Gasteiger partial charge in [0.15, 0.2) is 0 Å². The summed E-state index contributed by atoms with van der Waals surface area (Å²) in [6.07, 6.45) is 102. The Bertz CT molecular complexity index is 1610. The number of quaternary nitrogens is 1. The van der Waals surface area contributed by atoms with E-state index >= 15 is 0 Å². The summed E-state index contributed by atoms with van der Waals surface area (Å²) < 4.78 is 23.9. The van der Waals surface area contributed by atoms with E-state index in [0.717, 1.165) is 38.5 Å². The van der Waals surface area contributed by atoms with Crippen LogP contribution in [-0.4, -0.2) is 73.4 Å². The summed E-state index contributed by atoms with van der Waals surface area (Å²) in [5.74, 6) is -0.177. The van der Waals surface area contributed by atoms with Gasteiger partial charge in [-0.05, 0) is 57.8 Å². The number of nitrogens with one attached hydrogen (secondary N) is 1. The Morgan fingerprint density at radius 3 is 0.860 bits per heavy atom. The van der Waals surface area contributed by atoms with Gasteiger partial charge in [-0.15, -0.1) is 0 Å². The van der Waals surface area contributed by atoms with E-state index < -0.39 is 20.0 Å². The first-order chi connectivity index (χ1) is 45.5. The Labute approximate surface area is 582 Å². The molecule has 0 heterocycles. The van der Waals surface area contributed by atoms with Crippen LogP contribution in [0.4, 0.5) is 0 Å². The first kappa shape index (κ1) is 91.7. The van der Waals surface area contributed by atoms with Crippen LogP contribution in [0.3, 0.4) is 0 Å². The van der Waals surface area contributed by atoms with E-state index in [4.69, 9.17) is 9.05 Å². The van der Waals surface area contributed by atoms with E-state index in [1.54, 1.807) is 6.08 Å². The molecule has 0 aliphatic heterocycles. The molecule has 0 aromatic carbocycles. The van der Waals surface area contributed by atoms with Gasteiger partial charge in [0.05, 0.1) is 39.9 Å². The number of aliphatic hydroxyl groups is 1. The van der Waals surface area contributed by atoms with Crippen LogP contribution < -0.4 is 5.32 Å². The molecule has 0 bridgehead atoms. The highest BCUT2D eigenvalue weighted by molar-refractivity contribution is 7.47. The second-order valence-corrected chi connectivity index (χ2v) is 31.7. The molecule has 3 N–H and O–H groups in total. The average molecular weight is 1330 g/mol. The highest BCUT2D eigenvalue weighted by Crippen LogP contribution is 2.43. The normalized spacial score (nSPS) is 13.6. The van der Waals surface area contributed by atoms with Crippen LogP contribution in [0.25, 0.3) is 0 Å². The summed E-state index contributed by atoms with van der Waals surface area (Å²) >= 11 is 0. The predicted molar refractivity (Wildman–Crippen MR) is 411 cm³/mol. The molecule has 0 radical (unpaired) electrons. The second kappa shape index (κ2) is 74.9. The Morgan fingerprint density at radius 1 is 0.355 bits per heavy atom. The van der Waals surface area contributed by atoms with E-state index in [1.807, 2.05) is 27.2 Å². The number of allylic oxidation sites excluding steroid dienone is 5. The van der Waals surface area contributed by atoms with Gasteiger partial charge in [-0.2, -0.15) is 0 Å². The minimum atomic E-state index is -4.37. The van der Waals surface area contributed by atoms with Crippen LogP contribution in [0.2, 0.25) is 0 Å². The lowest BCUT2D eigenvalue weighted by Crippen LogP contribution is -2.45. The fourth-order valence-electron chi connectivity index (χ4n) is 13.1. The molecule has 0 aliphatic rings. The summed E-state index contributed by atoms with van der Waals surface area (Å²) in [6, 6.07) is -0.864. The van der Waals surface area contributed by atoms with E-state index in [0.29, 0.717) is 17.4 Å². The zero-order valence-electron chi connectivity index (χ0n) is 63.5. The molecule has 3 atom stereocenters. The van der Waals surface area contributed by atoms with E-state index in [1.165, 1.54) is 385 Å². The molecule has 3 unspecified atom stereocenters. The van der Waals surface area contributed by atoms with Crippen molar-refractivity contribution in [1.82, 2.24) is 5.32 Å². The van der Waals surface area contributed by atoms with Gasteiger partial charge in [0.25, 0.3) is 0 Å². The maximum absolute atomic E-state index is 13.1. The number of hydrogen-bond donors (Lipinski definition) is 3. The number of carbonyl (C=O) groups is 1. The maximum Gasteiger partial charge on any atom is 0.472 e. The molecule has 0 rings (SSSR count). The molecule has 0 spiro atoms. The fraction of sp³-hybridized carbons (Fsp3) is 0.917. The lowest BCUT2D eigenvalue weighted by Gasteiger charge is -2.25. The third-order valence-corrected chi connectivity index (χ3v) is 20.6. The largest absolute Gasteiger partial charge is 0.472 e. The fourth-order valence-corrected chi connectivity index (χ4v) is 13.9. The minimum Gasteiger partial charge on any atom is -0.387 e. The summed E-state index contributed by atoms with van der Waals surface area (Å²) in [6.45, 7) is 4.87. The number of phosphoric ester groups is 1. The van der Waals surface area contributed by atoms with E-state index in [9.17, 15) is 19.4 Å². The summed E-state index contributed by atoms with van der Waals surface area (Å²) in [5, 5.41) is 14.0. The van der Waals surface area contributed by atoms with E-state index in [-0.39, 0.29) is 19.1 Å². The number of aliphatic hydroxyl groups excluding tert-OH is 1. The second-order valence-electron chi connectivity index (χ2n) is 30.2. The van der Waals surface area contributed by atoms with Gasteiger partial charge in [-0.1, -0.05) is 416 Å². The Balaban J connectivity index is 3.93. The molecule has 93 heavy (non-hydrogen) atoms. The Kier molecular flexibility index (Phi) is 73.9. The van der Waals surface area contributed by atoms with Crippen LogP contribution in [0.1, 0.15) is 444 Å². The van der Waals surface area contributed by atoms with E-state index in [2.05, 4.69) is 43.5 Å². The molecular weight excluding hydrogens is 1160 g/mol. The van der Waals surface area contributed by atoms with Gasteiger partial charge in [0.2, 0.25) is 5.91 Å². The van der Waals surface area contributed by atoms with Crippen molar-refractivity contribution in [3.05, 3.63) is 36.5 Å². The standard InChI is InChI=1S/C84H165N2O6P/c1-6-8-10-12-14-16-18-20-22-24-26-28-30-32-34-36-38-40-41-42-43-44-45-46-48-50-52-54-56-58-60-62-64-66-68-70-72-74-76-78-84(88)85-82(81-92-93(89,90)91-80-79-86(3,4)5)83(87)77-75-73-71-69-67-65-63-61-59-57-55-53-51-49-47-39-37-35-33-31-29-27-25-23-21-19-17-15-13-11-9-7-2/h24,26,67,69,75,77,82-83,87H,6-23,25,27-66,68,70-74,76,78-81H2,1-5H3,(H-,85,88,89,90)/p+1/b26-24-,69-67+,77-75+. The minimum absolute atomic E-state index is 0.0586. The average Bonchev–Trinajstić information content (AvgIpc) is 1.94. The topological polar surface area (TPSA) is 105 Å². The van der Waals surface area contributed by atoms with Crippen molar-refractivity contribution in [2.24, 2.45) is 0 Å². The van der Waals surface area contributed by atoms with Crippen LogP contribution in [0.5, 0.6) is 0 Å². The molecule has 0 aliphatic carbocycles. The van der Waals surface area contributed by atoms with Crippen molar-refractivity contribution in [3.63, 3.8) is 0 Å². The molecule has 9 heteroatoms. The van der Waals surface area contributed by atoms with Crippen molar-refractivity contribution >= 4 is 13.7 Å². The Morgan fingerprint density at radius 2 is 0.591 bits per heavy atom. The molecule has 0 aromatic heterocycles. The molecule has 0 saturated heterocycles. The van der Waals surface area contributed by atoms with Gasteiger partial charge in [0.1, 0.15) is 13.2 Å². The van der Waals surface area contributed by atoms with Crippen molar-refractivity contribution in [1.29, 1.82) is 0 Å². The van der Waals surface area contributed by atoms with Crippen molar-refractivity contribution < 1.29 is 32.9 Å². The zero-order chi connectivity index (χ0) is 67.6. The summed E-state index contributed by atoms with van der Waals surface area (Å²) in [5.41, 5.74) is 0. The predicted octanol–water partition coefficient (Wildman–Crippen LogP) is 27.5. The highest BCUT2D eigenvalue weighted by Gasteiger charge is 2.28. The van der Waals surface area contributed by atoms with Gasteiger partial charge in [-0.25, -0.2) is 4.57 Å². The molecule has 0 saturated carbocycles. The number of unbranched alkanes of at least 4 members (excludes halogenated alkanes) is 62. The van der Waals surface area contributed by atoms with Gasteiger partial charge in [-0.3, -0.25) is 13.8 Å². The number of likely N-dealkylation sites (N-methyl/N-ethyl adjacent to an activating group) is 1. The summed E-state index contributed by atoms with van der Waals surface area (Å²) in [4.78, 5) is 23.5. The number of nitrogens with zero attached hydrogens (tertiary/aromatic N) is 1. The molecule has 552 valence electrons. The molecule has 0 fully saturated rings. The number of rotatable bonds is 79. The third-order valence-electron chi connectivity index (χ3n) is 19.6. The number of phosphoric acid groups is 1. The van der Waals surface area contributed by atoms with Crippen molar-refractivity contribution in [2.75, 3.05) is 40.9 Å². The maximum atomic E-state index is 13.1. The smallest absolute Gasteiger partial charge is 0.387 e. The lowest BCUT2D eigenvalue weighted by atomic mass is 10.0. The lowest BCUT2D eigenvalue weighted by molar-refractivity contribution is -0.870. The van der Waals surface area contributed by atoms with Crippen molar-refractivity contribution in [3.8, 4) is 0 Å². The third kappa shape index (κ3) is 77.9. The SMILES string of the molecule is CCCCCCCCCC/C=C\CCCCCCCCCCCCCCCCCCCCCCCCCCCCCC(=O)NC(COP(=O)(O)OCC[N+](C)(C)C)C(O)/C=C/CC/C=C/CCCCCCCCCCCCCCCCCCCCCCCCCCCC. The van der Waals surface area contributed by atoms with Gasteiger partial charge < -0.3 is 19.8 Å². The molecule has 0 aromatic rings. The highest BCUT2D eigenvalue weighted by atomic mass is 31.2. The quantitative estimate of drug-likeness (QED) is 0.0243. The van der Waals surface area contributed by atoms with Crippen molar-refractivity contribution in [2.45, 2.75) is 456 Å². The van der Waals surface area contributed by atoms with Crippen LogP contribution >= 0.6 is 7.82 Å². The molecular formula is C84H166N2O6P+. The number of hydrogen-bond acceptors (Lipinski definition) is 5. The van der Waals surface area contributed by atoms with Crippen LogP contribution in [0, 0.1) is 0 Å². The van der Waals surface area contributed by atoms with Crippen LogP contribution in [0.15, 0.2) is 36.5 Å². The first-order valence-corrected chi connectivity index (χ1v) is 43.4. The summed E-state index contributed by atoms with van der Waals surface area (Å²) in [7, 11) is 1.58. The van der Waals surface area contributed by atoms with Gasteiger partial charge >= 0.3 is 7.82 Å². The monoisotopic (exact) mass is 1330 g/mol. The number of carbonyl (C=O) groups excluding carboxylic acids is 1. The Hall–Kier alpha value is -1.28. The number of amides is 1. The molecule has 1 amide bonds. The zero-order valence-corrected chi connectivity index (χ0v) is 64.4.